The molecule has 6 heteroatoms. The van der Waals surface area contributed by atoms with Gasteiger partial charge in [-0.15, -0.1) is 5.10 Å². The van der Waals surface area contributed by atoms with E-state index in [1.165, 1.54) is 5.57 Å². The number of tetrazole rings is 1. The fraction of sp³-hybridized carbons (Fsp3) is 0.147. The van der Waals surface area contributed by atoms with Crippen LogP contribution in [-0.2, 0) is 5.54 Å². The third kappa shape index (κ3) is 4.59. The molecular weight excluding hydrogens is 624 g/mol. The smallest absolute Gasteiger partial charge is 0.184 e. The van der Waals surface area contributed by atoms with E-state index in [4.69, 9.17) is 5.21 Å². The molecule has 1 aliphatic carbocycles. The van der Waals surface area contributed by atoms with Crippen molar-refractivity contribution in [1.29, 1.82) is 0 Å². The summed E-state index contributed by atoms with van der Waals surface area (Å²) in [7, 11) is 0. The first-order valence-electron chi connectivity index (χ1n) is 13.3. The summed E-state index contributed by atoms with van der Waals surface area (Å²) in [6, 6.07) is 39.9. The molecule has 0 fully saturated rings. The first-order valence-corrected chi connectivity index (χ1v) is 15.5. The van der Waals surface area contributed by atoms with Crippen LogP contribution in [0, 0.1) is 5.41 Å². The fourth-order valence-corrected chi connectivity index (χ4v) is 7.33. The van der Waals surface area contributed by atoms with Gasteiger partial charge in [0.15, 0.2) is 5.82 Å². The van der Waals surface area contributed by atoms with Crippen LogP contribution in [0.5, 0.6) is 0 Å². The van der Waals surface area contributed by atoms with Crippen LogP contribution in [-0.4, -0.2) is 30.9 Å². The van der Waals surface area contributed by atoms with E-state index < -0.39 is 5.54 Å². The molecule has 1 aliphatic rings. The van der Waals surface area contributed by atoms with E-state index in [0.717, 1.165) is 44.9 Å². The first kappa shape index (κ1) is 26.6. The van der Waals surface area contributed by atoms with Crippen LogP contribution in [0.1, 0.15) is 28.7 Å². The average Bonchev–Trinajstić information content (AvgIpc) is 3.53. The number of allylic oxidation sites excluding steroid dienone is 4. The van der Waals surface area contributed by atoms with Crippen molar-refractivity contribution in [1.82, 2.24) is 20.2 Å². The van der Waals surface area contributed by atoms with Crippen LogP contribution >= 0.6 is 31.9 Å². The van der Waals surface area contributed by atoms with Crippen molar-refractivity contribution in [3.05, 3.63) is 156 Å². The van der Waals surface area contributed by atoms with Crippen LogP contribution in [0.3, 0.4) is 0 Å². The van der Waals surface area contributed by atoms with E-state index in [2.05, 4.69) is 157 Å². The first-order chi connectivity index (χ1) is 19.7. The Balaban J connectivity index is 1.60. The zero-order valence-electron chi connectivity index (χ0n) is 21.9. The van der Waals surface area contributed by atoms with Gasteiger partial charge in [0.25, 0.3) is 0 Å². The van der Waals surface area contributed by atoms with Gasteiger partial charge in [0.05, 0.1) is 0 Å². The van der Waals surface area contributed by atoms with Crippen molar-refractivity contribution in [2.45, 2.75) is 12.0 Å². The van der Waals surface area contributed by atoms with E-state index in [1.807, 2.05) is 22.9 Å². The molecule has 4 aromatic carbocycles. The van der Waals surface area contributed by atoms with Gasteiger partial charge < -0.3 is 0 Å². The highest BCUT2D eigenvalue weighted by Crippen LogP contribution is 2.44. The lowest BCUT2D eigenvalue weighted by molar-refractivity contribution is 0.451. The highest BCUT2D eigenvalue weighted by Gasteiger charge is 2.42. The summed E-state index contributed by atoms with van der Waals surface area (Å²) in [5, 5.41) is 15.5. The van der Waals surface area contributed by atoms with Gasteiger partial charge in [0, 0.05) is 21.6 Å². The van der Waals surface area contributed by atoms with Crippen LogP contribution in [0.2, 0.25) is 0 Å². The molecule has 0 atom stereocenters. The summed E-state index contributed by atoms with van der Waals surface area (Å²) in [6.45, 7) is 0. The van der Waals surface area contributed by atoms with Gasteiger partial charge in [-0.3, -0.25) is 0 Å². The lowest BCUT2D eigenvalue weighted by atomic mass is 9.76. The van der Waals surface area contributed by atoms with Gasteiger partial charge in [-0.25, -0.2) is 4.68 Å². The quantitative estimate of drug-likeness (QED) is 0.125. The SMILES string of the molecule is BrCC1(CBr)C=CC(c2ccccc2-c2nnnn2C(c2ccccc2)(c2ccccc2)c2ccccc2)=CC1. The van der Waals surface area contributed by atoms with E-state index in [-0.39, 0.29) is 5.41 Å². The molecule has 0 N–H and O–H groups in total. The monoisotopic (exact) mass is 650 g/mol. The lowest BCUT2D eigenvalue weighted by Gasteiger charge is -2.36. The number of nitrogens with zero attached hydrogens (tertiary/aromatic N) is 4. The summed E-state index contributed by atoms with van der Waals surface area (Å²) in [5.41, 5.74) is 5.78. The minimum absolute atomic E-state index is 0.0725. The fourth-order valence-electron chi connectivity index (χ4n) is 5.57. The predicted molar refractivity (Wildman–Crippen MR) is 170 cm³/mol. The average molecular weight is 652 g/mol. The normalized spacial score (nSPS) is 14.6. The van der Waals surface area contributed by atoms with Crippen molar-refractivity contribution >= 4 is 37.4 Å². The number of hydrogen-bond acceptors (Lipinski definition) is 3. The van der Waals surface area contributed by atoms with E-state index in [1.54, 1.807) is 0 Å². The Morgan fingerprint density at radius 3 is 1.65 bits per heavy atom. The molecule has 0 unspecified atom stereocenters. The van der Waals surface area contributed by atoms with Gasteiger partial charge in [-0.05, 0) is 44.7 Å². The molecule has 4 nitrogen and oxygen atoms in total. The van der Waals surface area contributed by atoms with E-state index in [9.17, 15) is 0 Å². The predicted octanol–water partition coefficient (Wildman–Crippen LogP) is 8.30. The number of alkyl halides is 2. The van der Waals surface area contributed by atoms with Crippen molar-refractivity contribution in [2.75, 3.05) is 10.7 Å². The van der Waals surface area contributed by atoms with Crippen molar-refractivity contribution in [3.63, 3.8) is 0 Å². The molecule has 6 rings (SSSR count). The largest absolute Gasteiger partial charge is 0.205 e. The van der Waals surface area contributed by atoms with Crippen molar-refractivity contribution in [2.24, 2.45) is 5.41 Å². The second-order valence-electron chi connectivity index (χ2n) is 10.1. The molecule has 0 saturated heterocycles. The third-order valence-corrected chi connectivity index (χ3v) is 9.95. The maximum absolute atomic E-state index is 4.74. The topological polar surface area (TPSA) is 43.6 Å². The second-order valence-corrected chi connectivity index (χ2v) is 11.2. The number of benzene rings is 4. The molecule has 0 amide bonds. The van der Waals surface area contributed by atoms with Crippen LogP contribution in [0.25, 0.3) is 17.0 Å². The maximum atomic E-state index is 4.74. The van der Waals surface area contributed by atoms with E-state index in [0.29, 0.717) is 5.82 Å². The second kappa shape index (κ2) is 11.5. The number of aromatic nitrogens is 4. The molecule has 0 bridgehead atoms. The van der Waals surface area contributed by atoms with Crippen LogP contribution in [0.15, 0.2) is 133 Å². The molecule has 0 radical (unpaired) electrons. The molecule has 0 saturated carbocycles. The highest BCUT2D eigenvalue weighted by atomic mass is 79.9. The van der Waals surface area contributed by atoms with E-state index >= 15 is 0 Å². The Kier molecular flexibility index (Phi) is 7.63. The summed E-state index contributed by atoms with van der Waals surface area (Å²) in [5.74, 6) is 0.708. The lowest BCUT2D eigenvalue weighted by Crippen LogP contribution is -2.39. The summed E-state index contributed by atoms with van der Waals surface area (Å²) in [6.07, 6.45) is 7.82. The Morgan fingerprint density at radius 2 is 1.18 bits per heavy atom. The highest BCUT2D eigenvalue weighted by molar-refractivity contribution is 9.09. The zero-order valence-corrected chi connectivity index (χ0v) is 25.0. The minimum Gasteiger partial charge on any atom is -0.205 e. The Hall–Kier alpha value is -3.61. The molecule has 40 heavy (non-hydrogen) atoms. The Morgan fingerprint density at radius 1 is 0.675 bits per heavy atom. The molecule has 0 aliphatic heterocycles. The van der Waals surface area contributed by atoms with Gasteiger partial charge in [0.1, 0.15) is 5.54 Å². The standard InChI is InChI=1S/C34H28Br2N4/c35-24-33(25-36)22-20-26(21-23-33)30-18-10-11-19-31(30)32-37-38-39-40(32)34(27-12-4-1-5-13-27,28-14-6-2-7-15-28)29-16-8-3-9-17-29/h1-22H,23-25H2. The van der Waals surface area contributed by atoms with Crippen molar-refractivity contribution in [3.8, 4) is 11.4 Å². The number of hydrogen-bond donors (Lipinski definition) is 0. The van der Waals surface area contributed by atoms with Gasteiger partial charge in [0.2, 0.25) is 0 Å². The number of rotatable bonds is 8. The zero-order chi connectivity index (χ0) is 27.4. The molecule has 1 heterocycles. The Bertz CT molecular complexity index is 1540. The van der Waals surface area contributed by atoms with Crippen LogP contribution < -0.4 is 0 Å². The summed E-state index contributed by atoms with van der Waals surface area (Å²) < 4.78 is 2.00. The summed E-state index contributed by atoms with van der Waals surface area (Å²) in [4.78, 5) is 0. The Labute approximate surface area is 251 Å². The minimum atomic E-state index is -0.798. The van der Waals surface area contributed by atoms with Gasteiger partial charge >= 0.3 is 0 Å². The van der Waals surface area contributed by atoms with Gasteiger partial charge in [-0.2, -0.15) is 0 Å². The molecule has 0 spiro atoms. The number of halogens is 2. The molecular formula is C34H28Br2N4. The molecule has 198 valence electrons. The maximum Gasteiger partial charge on any atom is 0.184 e. The van der Waals surface area contributed by atoms with Crippen LogP contribution in [0.4, 0.5) is 0 Å². The van der Waals surface area contributed by atoms with Crippen molar-refractivity contribution < 1.29 is 0 Å². The third-order valence-electron chi connectivity index (χ3n) is 7.72. The molecule has 1 aromatic heterocycles. The summed E-state index contributed by atoms with van der Waals surface area (Å²) >= 11 is 7.42. The molecule has 5 aromatic rings. The van der Waals surface area contributed by atoms with Gasteiger partial charge in [-0.1, -0.05) is 165 Å².